The molecule has 3 rings (SSSR count). The fraction of sp³-hybridized carbons (Fsp3) is 0.353. The monoisotopic (exact) mass is 344 g/mol. The molecule has 0 amide bonds. The number of benzene rings is 1. The maximum Gasteiger partial charge on any atom is 0.136 e. The normalized spacial score (nSPS) is 14.9. The molecule has 6 nitrogen and oxygen atoms in total. The van der Waals surface area contributed by atoms with Gasteiger partial charge < -0.3 is 16.0 Å². The molecule has 7 heteroatoms. The molecule has 0 unspecified atom stereocenters. The number of halogens is 1. The predicted molar refractivity (Wildman–Crippen MR) is 99.9 cm³/mol. The summed E-state index contributed by atoms with van der Waals surface area (Å²) in [5.74, 6) is 3.16. The van der Waals surface area contributed by atoms with Crippen molar-refractivity contribution in [2.75, 3.05) is 29.2 Å². The van der Waals surface area contributed by atoms with E-state index in [-0.39, 0.29) is 5.88 Å². The van der Waals surface area contributed by atoms with Gasteiger partial charge >= 0.3 is 0 Å². The molecule has 2 heterocycles. The Kier molecular flexibility index (Phi) is 5.15. The van der Waals surface area contributed by atoms with Gasteiger partial charge in [0.15, 0.2) is 0 Å². The Morgan fingerprint density at radius 3 is 2.62 bits per heavy atom. The van der Waals surface area contributed by atoms with E-state index in [4.69, 9.17) is 17.3 Å². The molecule has 1 aromatic carbocycles. The molecule has 1 aromatic heterocycles. The Bertz CT molecular complexity index is 722. The number of nitrogens with two attached hydrogens (primary N) is 1. The van der Waals surface area contributed by atoms with Crippen LogP contribution in [-0.2, 0) is 0 Å². The molecule has 1 aliphatic rings. The van der Waals surface area contributed by atoms with Crippen molar-refractivity contribution >= 4 is 40.4 Å². The number of aliphatic imine (C=N–C) groups is 1. The third-order valence-electron chi connectivity index (χ3n) is 3.80. The molecule has 0 bridgehead atoms. The SMILES string of the molecule is Cc1nc(Nc2ccc(N=C(N)CCl)cc2)cc(N2CCCC2)n1. The van der Waals surface area contributed by atoms with E-state index in [1.54, 1.807) is 0 Å². The van der Waals surface area contributed by atoms with Gasteiger partial charge in [-0.2, -0.15) is 0 Å². The summed E-state index contributed by atoms with van der Waals surface area (Å²) in [6.07, 6.45) is 2.44. The first-order valence-electron chi connectivity index (χ1n) is 8.01. The van der Waals surface area contributed by atoms with Gasteiger partial charge in [0.1, 0.15) is 23.3 Å². The molecule has 1 saturated heterocycles. The number of hydrogen-bond acceptors (Lipinski definition) is 5. The summed E-state index contributed by atoms with van der Waals surface area (Å²) >= 11 is 5.64. The number of rotatable bonds is 5. The highest BCUT2D eigenvalue weighted by Gasteiger charge is 2.15. The van der Waals surface area contributed by atoms with Gasteiger partial charge in [-0.1, -0.05) is 0 Å². The maximum absolute atomic E-state index is 5.64. The lowest BCUT2D eigenvalue weighted by atomic mass is 10.3. The second-order valence-corrected chi connectivity index (χ2v) is 6.03. The molecule has 1 fully saturated rings. The van der Waals surface area contributed by atoms with Gasteiger partial charge in [0, 0.05) is 24.8 Å². The van der Waals surface area contributed by atoms with Gasteiger partial charge in [-0.3, -0.25) is 0 Å². The average Bonchev–Trinajstić information content (AvgIpc) is 3.10. The predicted octanol–water partition coefficient (Wildman–Crippen LogP) is 3.36. The second kappa shape index (κ2) is 7.49. The summed E-state index contributed by atoms with van der Waals surface area (Å²) in [6, 6.07) is 9.64. The molecule has 0 spiro atoms. The largest absolute Gasteiger partial charge is 0.386 e. The maximum atomic E-state index is 5.64. The molecule has 2 aromatic rings. The van der Waals surface area contributed by atoms with Crippen LogP contribution in [0.4, 0.5) is 23.0 Å². The average molecular weight is 345 g/mol. The van der Waals surface area contributed by atoms with Crippen molar-refractivity contribution in [3.8, 4) is 0 Å². The van der Waals surface area contributed by atoms with Crippen molar-refractivity contribution in [3.05, 3.63) is 36.2 Å². The lowest BCUT2D eigenvalue weighted by molar-refractivity contribution is 0.912. The van der Waals surface area contributed by atoms with E-state index >= 15 is 0 Å². The quantitative estimate of drug-likeness (QED) is 0.494. The number of aryl methyl sites for hydroxylation is 1. The number of alkyl halides is 1. The van der Waals surface area contributed by atoms with E-state index < -0.39 is 0 Å². The zero-order chi connectivity index (χ0) is 16.9. The van der Waals surface area contributed by atoms with Crippen LogP contribution in [0.15, 0.2) is 35.3 Å². The van der Waals surface area contributed by atoms with Crippen LogP contribution < -0.4 is 16.0 Å². The van der Waals surface area contributed by atoms with Crippen LogP contribution >= 0.6 is 11.6 Å². The van der Waals surface area contributed by atoms with Crippen molar-refractivity contribution in [3.63, 3.8) is 0 Å². The number of aromatic nitrogens is 2. The molecule has 0 saturated carbocycles. The van der Waals surface area contributed by atoms with E-state index in [1.807, 2.05) is 37.3 Å². The number of nitrogens with zero attached hydrogens (tertiary/aromatic N) is 4. The summed E-state index contributed by atoms with van der Waals surface area (Å²) in [5.41, 5.74) is 7.35. The summed E-state index contributed by atoms with van der Waals surface area (Å²) < 4.78 is 0. The summed E-state index contributed by atoms with van der Waals surface area (Å²) in [6.45, 7) is 4.03. The number of nitrogens with one attached hydrogen (secondary N) is 1. The molecular formula is C17H21ClN6. The third-order valence-corrected chi connectivity index (χ3v) is 4.08. The highest BCUT2D eigenvalue weighted by atomic mass is 35.5. The molecule has 24 heavy (non-hydrogen) atoms. The van der Waals surface area contributed by atoms with E-state index in [9.17, 15) is 0 Å². The topological polar surface area (TPSA) is 79.4 Å². The fourth-order valence-corrected chi connectivity index (χ4v) is 2.75. The highest BCUT2D eigenvalue weighted by Crippen LogP contribution is 2.24. The number of anilines is 3. The van der Waals surface area contributed by atoms with Crippen LogP contribution in [0.2, 0.25) is 0 Å². The third kappa shape index (κ3) is 4.14. The zero-order valence-electron chi connectivity index (χ0n) is 13.7. The Labute approximate surface area is 146 Å². The number of hydrogen-bond donors (Lipinski definition) is 2. The minimum Gasteiger partial charge on any atom is -0.386 e. The molecule has 1 aliphatic heterocycles. The van der Waals surface area contributed by atoms with Crippen molar-refractivity contribution in [2.45, 2.75) is 19.8 Å². The summed E-state index contributed by atoms with van der Waals surface area (Å²) in [7, 11) is 0. The first-order chi connectivity index (χ1) is 11.6. The minimum absolute atomic E-state index is 0.222. The van der Waals surface area contributed by atoms with Gasteiger partial charge in [-0.15, -0.1) is 11.6 Å². The van der Waals surface area contributed by atoms with E-state index in [1.165, 1.54) is 12.8 Å². The van der Waals surface area contributed by atoms with Crippen molar-refractivity contribution in [1.29, 1.82) is 0 Å². The lowest BCUT2D eigenvalue weighted by Crippen LogP contribution is -2.19. The Balaban J connectivity index is 1.75. The van der Waals surface area contributed by atoms with Crippen LogP contribution in [-0.4, -0.2) is 34.8 Å². The molecule has 0 aliphatic carbocycles. The standard InChI is InChI=1S/C17H21ClN6/c1-12-20-16(10-17(21-12)24-8-2-3-9-24)23-14-6-4-13(5-7-14)22-15(19)11-18/h4-7,10H,2-3,8-9,11H2,1H3,(H2,19,22)(H,20,21,23). The summed E-state index contributed by atoms with van der Waals surface area (Å²) in [4.78, 5) is 15.5. The minimum atomic E-state index is 0.222. The zero-order valence-corrected chi connectivity index (χ0v) is 14.4. The van der Waals surface area contributed by atoms with Crippen molar-refractivity contribution < 1.29 is 0 Å². The molecule has 3 N–H and O–H groups in total. The van der Waals surface area contributed by atoms with Crippen LogP contribution in [0, 0.1) is 6.92 Å². The molecule has 0 atom stereocenters. The van der Waals surface area contributed by atoms with Gasteiger partial charge in [0.2, 0.25) is 0 Å². The van der Waals surface area contributed by atoms with Crippen LogP contribution in [0.1, 0.15) is 18.7 Å². The fourth-order valence-electron chi connectivity index (χ4n) is 2.69. The van der Waals surface area contributed by atoms with Gasteiger partial charge in [0.05, 0.1) is 11.6 Å². The Morgan fingerprint density at radius 1 is 1.25 bits per heavy atom. The van der Waals surface area contributed by atoms with Crippen molar-refractivity contribution in [1.82, 2.24) is 9.97 Å². The van der Waals surface area contributed by atoms with Gasteiger partial charge in [-0.05, 0) is 44.0 Å². The molecule has 0 radical (unpaired) electrons. The number of amidine groups is 1. The first-order valence-corrected chi connectivity index (χ1v) is 8.54. The second-order valence-electron chi connectivity index (χ2n) is 5.76. The van der Waals surface area contributed by atoms with E-state index in [2.05, 4.69) is 25.2 Å². The van der Waals surface area contributed by atoms with Gasteiger partial charge in [-0.25, -0.2) is 15.0 Å². The van der Waals surface area contributed by atoms with E-state index in [0.717, 1.165) is 41.9 Å². The van der Waals surface area contributed by atoms with Crippen LogP contribution in [0.25, 0.3) is 0 Å². The van der Waals surface area contributed by atoms with Crippen LogP contribution in [0.5, 0.6) is 0 Å². The Morgan fingerprint density at radius 2 is 1.96 bits per heavy atom. The van der Waals surface area contributed by atoms with Gasteiger partial charge in [0.25, 0.3) is 0 Å². The van der Waals surface area contributed by atoms with Crippen LogP contribution in [0.3, 0.4) is 0 Å². The highest BCUT2D eigenvalue weighted by molar-refractivity contribution is 6.28. The molecule has 126 valence electrons. The van der Waals surface area contributed by atoms with E-state index in [0.29, 0.717) is 5.84 Å². The van der Waals surface area contributed by atoms with Crippen molar-refractivity contribution in [2.24, 2.45) is 10.7 Å². The molecular weight excluding hydrogens is 324 g/mol. The Hall–Kier alpha value is -2.34. The lowest BCUT2D eigenvalue weighted by Gasteiger charge is -2.17. The first kappa shape index (κ1) is 16.5. The summed E-state index contributed by atoms with van der Waals surface area (Å²) in [5, 5.41) is 3.32. The smallest absolute Gasteiger partial charge is 0.136 e.